The van der Waals surface area contributed by atoms with Crippen LogP contribution in [0.15, 0.2) is 54.9 Å². The van der Waals surface area contributed by atoms with Crippen LogP contribution in [-0.4, -0.2) is 4.98 Å². The fraction of sp³-hybridized carbons (Fsp3) is 0.150. The van der Waals surface area contributed by atoms with Gasteiger partial charge in [0.15, 0.2) is 0 Å². The molecule has 0 amide bonds. The summed E-state index contributed by atoms with van der Waals surface area (Å²) in [6, 6.07) is 15.3. The van der Waals surface area contributed by atoms with Crippen molar-refractivity contribution in [2.24, 2.45) is 0 Å². The number of aromatic nitrogens is 1. The van der Waals surface area contributed by atoms with E-state index in [9.17, 15) is 0 Å². The van der Waals surface area contributed by atoms with Gasteiger partial charge in [0.05, 0.1) is 0 Å². The van der Waals surface area contributed by atoms with Gasteiger partial charge in [0.25, 0.3) is 0 Å². The second-order valence-corrected chi connectivity index (χ2v) is 5.77. The minimum Gasteiger partial charge on any atom is -0.264 e. The van der Waals surface area contributed by atoms with Gasteiger partial charge in [0.1, 0.15) is 0 Å². The van der Waals surface area contributed by atoms with Gasteiger partial charge in [-0.1, -0.05) is 48.0 Å². The topological polar surface area (TPSA) is 12.9 Å². The zero-order chi connectivity index (χ0) is 14.2. The predicted molar refractivity (Wildman–Crippen MR) is 89.1 cm³/mol. The fourth-order valence-corrected chi connectivity index (χ4v) is 3.26. The number of aryl methyl sites for hydroxylation is 2. The SMILES string of the molecule is Cc1ccc2c(c1)CC/C2=C\c1cccc2cnccc12. The standard InChI is InChI=1S/C20H17N/c1-14-5-8-19-16(11-14)6-7-17(19)12-15-3-2-4-18-13-21-10-9-20(15)18/h2-5,8-13H,6-7H2,1H3/b17-12+. The molecule has 0 unspecified atom stereocenters. The van der Waals surface area contributed by atoms with Crippen LogP contribution in [0.25, 0.3) is 22.4 Å². The number of allylic oxidation sites excluding steroid dienone is 1. The molecule has 1 aliphatic carbocycles. The minimum atomic E-state index is 1.14. The number of pyridine rings is 1. The molecular formula is C20H17N. The lowest BCUT2D eigenvalue weighted by Crippen LogP contribution is -1.84. The third kappa shape index (κ3) is 2.15. The molecule has 1 heteroatoms. The van der Waals surface area contributed by atoms with Crippen molar-refractivity contribution < 1.29 is 0 Å². The largest absolute Gasteiger partial charge is 0.264 e. The van der Waals surface area contributed by atoms with Crippen molar-refractivity contribution in [1.29, 1.82) is 0 Å². The van der Waals surface area contributed by atoms with E-state index in [4.69, 9.17) is 0 Å². The first-order valence-corrected chi connectivity index (χ1v) is 7.44. The summed E-state index contributed by atoms with van der Waals surface area (Å²) < 4.78 is 0. The highest BCUT2D eigenvalue weighted by atomic mass is 14.6. The van der Waals surface area contributed by atoms with Gasteiger partial charge in [-0.15, -0.1) is 0 Å². The maximum atomic E-state index is 4.21. The average Bonchev–Trinajstić information content (AvgIpc) is 2.90. The van der Waals surface area contributed by atoms with Gasteiger partial charge < -0.3 is 0 Å². The predicted octanol–water partition coefficient (Wildman–Crippen LogP) is 5.03. The van der Waals surface area contributed by atoms with Crippen molar-refractivity contribution in [2.45, 2.75) is 19.8 Å². The summed E-state index contributed by atoms with van der Waals surface area (Å²) >= 11 is 0. The van der Waals surface area contributed by atoms with E-state index in [1.54, 1.807) is 0 Å². The highest BCUT2D eigenvalue weighted by Gasteiger charge is 2.16. The molecule has 3 aromatic rings. The number of benzene rings is 2. The second-order valence-electron chi connectivity index (χ2n) is 5.77. The van der Waals surface area contributed by atoms with Crippen molar-refractivity contribution >= 4 is 22.4 Å². The molecule has 0 radical (unpaired) electrons. The Morgan fingerprint density at radius 2 is 2.00 bits per heavy atom. The monoisotopic (exact) mass is 271 g/mol. The van der Waals surface area contributed by atoms with Gasteiger partial charge in [-0.3, -0.25) is 4.98 Å². The molecule has 0 saturated carbocycles. The summed E-state index contributed by atoms with van der Waals surface area (Å²) in [5, 5.41) is 2.48. The molecule has 2 aromatic carbocycles. The van der Waals surface area contributed by atoms with Crippen LogP contribution in [0.4, 0.5) is 0 Å². The zero-order valence-electron chi connectivity index (χ0n) is 12.1. The maximum Gasteiger partial charge on any atom is 0.0346 e. The van der Waals surface area contributed by atoms with Crippen LogP contribution >= 0.6 is 0 Å². The molecule has 102 valence electrons. The number of fused-ring (bicyclic) bond motifs is 2. The van der Waals surface area contributed by atoms with Crippen LogP contribution in [0, 0.1) is 6.92 Å². The molecule has 0 aliphatic heterocycles. The molecule has 1 heterocycles. The van der Waals surface area contributed by atoms with Crippen LogP contribution in [0.1, 0.15) is 28.7 Å². The Morgan fingerprint density at radius 3 is 2.95 bits per heavy atom. The highest BCUT2D eigenvalue weighted by molar-refractivity contribution is 5.96. The Bertz CT molecular complexity index is 853. The van der Waals surface area contributed by atoms with Crippen molar-refractivity contribution in [1.82, 2.24) is 4.98 Å². The minimum absolute atomic E-state index is 1.14. The van der Waals surface area contributed by atoms with E-state index in [-0.39, 0.29) is 0 Å². The Labute approximate surface area is 125 Å². The summed E-state index contributed by atoms with van der Waals surface area (Å²) in [6.07, 6.45) is 8.46. The average molecular weight is 271 g/mol. The van der Waals surface area contributed by atoms with Gasteiger partial charge in [0, 0.05) is 17.8 Å². The highest BCUT2D eigenvalue weighted by Crippen LogP contribution is 2.35. The van der Waals surface area contributed by atoms with Crippen LogP contribution in [-0.2, 0) is 6.42 Å². The molecule has 0 bridgehead atoms. The van der Waals surface area contributed by atoms with E-state index < -0.39 is 0 Å². The normalized spacial score (nSPS) is 15.6. The summed E-state index contributed by atoms with van der Waals surface area (Å²) in [5.41, 5.74) is 7.01. The van der Waals surface area contributed by atoms with Gasteiger partial charge in [0.2, 0.25) is 0 Å². The molecule has 0 spiro atoms. The van der Waals surface area contributed by atoms with Crippen LogP contribution in [0.3, 0.4) is 0 Å². The molecule has 21 heavy (non-hydrogen) atoms. The molecular weight excluding hydrogens is 254 g/mol. The quantitative estimate of drug-likeness (QED) is 0.605. The van der Waals surface area contributed by atoms with Crippen molar-refractivity contribution in [2.75, 3.05) is 0 Å². The Kier molecular flexibility index (Phi) is 2.85. The number of hydrogen-bond acceptors (Lipinski definition) is 1. The third-order valence-electron chi connectivity index (χ3n) is 4.31. The van der Waals surface area contributed by atoms with Gasteiger partial charge >= 0.3 is 0 Å². The Morgan fingerprint density at radius 1 is 1.05 bits per heavy atom. The first-order valence-electron chi connectivity index (χ1n) is 7.44. The van der Waals surface area contributed by atoms with E-state index in [0.29, 0.717) is 0 Å². The first-order chi connectivity index (χ1) is 10.3. The molecule has 1 aliphatic rings. The molecule has 0 atom stereocenters. The summed E-state index contributed by atoms with van der Waals surface area (Å²) in [6.45, 7) is 2.17. The van der Waals surface area contributed by atoms with Gasteiger partial charge in [-0.25, -0.2) is 0 Å². The molecule has 1 aromatic heterocycles. The lowest BCUT2D eigenvalue weighted by Gasteiger charge is -2.05. The molecule has 1 nitrogen and oxygen atoms in total. The van der Waals surface area contributed by atoms with Crippen molar-refractivity contribution in [3.8, 4) is 0 Å². The molecule has 0 saturated heterocycles. The molecule has 0 N–H and O–H groups in total. The Hall–Kier alpha value is -2.41. The number of nitrogens with zero attached hydrogens (tertiary/aromatic N) is 1. The lowest BCUT2D eigenvalue weighted by atomic mass is 10.0. The summed E-state index contributed by atoms with van der Waals surface area (Å²) in [5.74, 6) is 0. The summed E-state index contributed by atoms with van der Waals surface area (Å²) in [4.78, 5) is 4.21. The van der Waals surface area contributed by atoms with Crippen LogP contribution in [0.2, 0.25) is 0 Å². The summed E-state index contributed by atoms with van der Waals surface area (Å²) in [7, 11) is 0. The third-order valence-corrected chi connectivity index (χ3v) is 4.31. The number of hydrogen-bond donors (Lipinski definition) is 0. The zero-order valence-corrected chi connectivity index (χ0v) is 12.1. The molecule has 4 rings (SSSR count). The van der Waals surface area contributed by atoms with Gasteiger partial charge in [-0.2, -0.15) is 0 Å². The first kappa shape index (κ1) is 12.3. The van der Waals surface area contributed by atoms with E-state index in [0.717, 1.165) is 12.8 Å². The number of rotatable bonds is 1. The van der Waals surface area contributed by atoms with Crippen LogP contribution in [0.5, 0.6) is 0 Å². The molecule has 0 fully saturated rings. The second kappa shape index (κ2) is 4.85. The maximum absolute atomic E-state index is 4.21. The van der Waals surface area contributed by atoms with E-state index >= 15 is 0 Å². The lowest BCUT2D eigenvalue weighted by molar-refractivity contribution is 1.08. The van der Waals surface area contributed by atoms with E-state index in [1.165, 1.54) is 38.6 Å². The van der Waals surface area contributed by atoms with Crippen LogP contribution < -0.4 is 0 Å². The van der Waals surface area contributed by atoms with E-state index in [2.05, 4.69) is 60.4 Å². The van der Waals surface area contributed by atoms with Crippen molar-refractivity contribution in [3.05, 3.63) is 77.1 Å². The van der Waals surface area contributed by atoms with Crippen molar-refractivity contribution in [3.63, 3.8) is 0 Å². The van der Waals surface area contributed by atoms with Gasteiger partial charge in [-0.05, 0) is 53.5 Å². The Balaban J connectivity index is 1.86. The fourth-order valence-electron chi connectivity index (χ4n) is 3.26. The smallest absolute Gasteiger partial charge is 0.0346 e. The van der Waals surface area contributed by atoms with E-state index in [1.807, 2.05) is 12.4 Å².